The van der Waals surface area contributed by atoms with Crippen molar-refractivity contribution in [3.05, 3.63) is 57.2 Å². The molecule has 2 aromatic carbocycles. The van der Waals surface area contributed by atoms with Gasteiger partial charge in [0.1, 0.15) is 0 Å². The number of carbonyl (C=O) groups is 1. The van der Waals surface area contributed by atoms with Crippen molar-refractivity contribution in [3.63, 3.8) is 0 Å². The molecular formula is C24H29N3O4S2. The van der Waals surface area contributed by atoms with Crippen molar-refractivity contribution in [1.82, 2.24) is 8.87 Å². The minimum Gasteiger partial charge on any atom is -0.326 e. The van der Waals surface area contributed by atoms with Crippen LogP contribution in [0.25, 0.3) is 10.2 Å². The zero-order chi connectivity index (χ0) is 23.9. The summed E-state index contributed by atoms with van der Waals surface area (Å²) in [5, 5.41) is 2.96. The Balaban J connectivity index is 1.46. The van der Waals surface area contributed by atoms with Crippen molar-refractivity contribution in [2.75, 3.05) is 18.4 Å². The van der Waals surface area contributed by atoms with Crippen LogP contribution in [0.2, 0.25) is 0 Å². The van der Waals surface area contributed by atoms with Crippen LogP contribution < -0.4 is 10.2 Å². The van der Waals surface area contributed by atoms with E-state index in [2.05, 4.69) is 5.32 Å². The molecule has 33 heavy (non-hydrogen) atoms. The molecule has 1 aliphatic heterocycles. The maximum atomic E-state index is 13.2. The van der Waals surface area contributed by atoms with Crippen molar-refractivity contribution < 1.29 is 13.2 Å². The van der Waals surface area contributed by atoms with E-state index in [4.69, 9.17) is 0 Å². The molecule has 1 saturated heterocycles. The molecule has 0 saturated carbocycles. The summed E-state index contributed by atoms with van der Waals surface area (Å²) in [6, 6.07) is 10.7. The van der Waals surface area contributed by atoms with Crippen LogP contribution in [0.4, 0.5) is 5.69 Å². The van der Waals surface area contributed by atoms with Gasteiger partial charge in [0.15, 0.2) is 0 Å². The van der Waals surface area contributed by atoms with Gasteiger partial charge < -0.3 is 5.32 Å². The average molecular weight is 488 g/mol. The number of sulfonamides is 1. The van der Waals surface area contributed by atoms with E-state index in [9.17, 15) is 18.0 Å². The van der Waals surface area contributed by atoms with E-state index < -0.39 is 10.0 Å². The summed E-state index contributed by atoms with van der Waals surface area (Å²) >= 11 is 1.06. The Morgan fingerprint density at radius 2 is 1.76 bits per heavy atom. The lowest BCUT2D eigenvalue weighted by molar-refractivity contribution is -0.120. The van der Waals surface area contributed by atoms with Crippen molar-refractivity contribution in [2.45, 2.75) is 51.5 Å². The molecule has 0 unspecified atom stereocenters. The molecule has 1 aliphatic rings. The summed E-state index contributed by atoms with van der Waals surface area (Å²) < 4.78 is 30.3. The van der Waals surface area contributed by atoms with E-state index >= 15 is 0 Å². The van der Waals surface area contributed by atoms with Crippen LogP contribution >= 0.6 is 11.3 Å². The van der Waals surface area contributed by atoms with Crippen LogP contribution in [0.1, 0.15) is 43.9 Å². The highest BCUT2D eigenvalue weighted by Crippen LogP contribution is 2.29. The third kappa shape index (κ3) is 4.62. The van der Waals surface area contributed by atoms with Gasteiger partial charge in [0.25, 0.3) is 0 Å². The molecule has 3 aromatic rings. The largest absolute Gasteiger partial charge is 0.326 e. The predicted octanol–water partition coefficient (Wildman–Crippen LogP) is 4.30. The fourth-order valence-electron chi connectivity index (χ4n) is 4.24. The maximum Gasteiger partial charge on any atom is 0.308 e. The van der Waals surface area contributed by atoms with Crippen molar-refractivity contribution in [2.24, 2.45) is 5.92 Å². The molecule has 1 N–H and O–H groups in total. The second-order valence-electron chi connectivity index (χ2n) is 8.93. The fourth-order valence-corrected chi connectivity index (χ4v) is 6.86. The first-order chi connectivity index (χ1) is 15.6. The summed E-state index contributed by atoms with van der Waals surface area (Å²) in [6.45, 7) is 8.46. The number of aromatic nitrogens is 1. The van der Waals surface area contributed by atoms with Crippen molar-refractivity contribution >= 4 is 43.2 Å². The highest BCUT2D eigenvalue weighted by Gasteiger charge is 2.32. The smallest absolute Gasteiger partial charge is 0.308 e. The van der Waals surface area contributed by atoms with Gasteiger partial charge in [-0.3, -0.25) is 14.2 Å². The number of hydrogen-bond donors (Lipinski definition) is 1. The van der Waals surface area contributed by atoms with Gasteiger partial charge in [-0.15, -0.1) is 0 Å². The molecule has 1 fully saturated rings. The Kier molecular flexibility index (Phi) is 6.48. The average Bonchev–Trinajstić information content (AvgIpc) is 3.11. The van der Waals surface area contributed by atoms with Crippen molar-refractivity contribution in [3.8, 4) is 0 Å². The molecule has 0 aliphatic carbocycles. The van der Waals surface area contributed by atoms with Gasteiger partial charge in [0, 0.05) is 30.7 Å². The number of thiazole rings is 1. The number of hydrogen-bond acceptors (Lipinski definition) is 5. The lowest BCUT2D eigenvalue weighted by Crippen LogP contribution is -2.41. The Bertz CT molecular complexity index is 1360. The SMILES string of the molecule is Cc1ccc(NC(=O)C2CCN(S(=O)(=O)c3ccc4c(c3)sc(=O)n4C(C)C)CC2)cc1C. The predicted molar refractivity (Wildman–Crippen MR) is 132 cm³/mol. The zero-order valence-corrected chi connectivity index (χ0v) is 20.9. The first-order valence-electron chi connectivity index (χ1n) is 11.1. The monoisotopic (exact) mass is 487 g/mol. The van der Waals surface area contributed by atoms with Crippen LogP contribution in [-0.4, -0.2) is 36.3 Å². The number of rotatable bonds is 5. The van der Waals surface area contributed by atoms with Crippen molar-refractivity contribution in [1.29, 1.82) is 0 Å². The normalized spacial score (nSPS) is 15.9. The van der Waals surface area contributed by atoms with Gasteiger partial charge in [0.2, 0.25) is 15.9 Å². The number of benzene rings is 2. The van der Waals surface area contributed by atoms with E-state index in [1.54, 1.807) is 22.8 Å². The van der Waals surface area contributed by atoms with Crippen LogP contribution in [0.15, 0.2) is 46.1 Å². The minimum absolute atomic E-state index is 0.00251. The van der Waals surface area contributed by atoms with E-state index in [1.807, 2.05) is 45.9 Å². The van der Waals surface area contributed by atoms with Crippen LogP contribution in [0.3, 0.4) is 0 Å². The topological polar surface area (TPSA) is 88.5 Å². The van der Waals surface area contributed by atoms with Gasteiger partial charge in [-0.05, 0) is 82.0 Å². The number of aryl methyl sites for hydroxylation is 2. The molecule has 0 spiro atoms. The summed E-state index contributed by atoms with van der Waals surface area (Å²) in [5.74, 6) is -0.303. The number of carbonyl (C=O) groups excluding carboxylic acids is 1. The highest BCUT2D eigenvalue weighted by atomic mass is 32.2. The van der Waals surface area contributed by atoms with Gasteiger partial charge in [-0.2, -0.15) is 4.31 Å². The van der Waals surface area contributed by atoms with E-state index in [0.29, 0.717) is 17.5 Å². The second kappa shape index (κ2) is 9.04. The molecule has 0 atom stereocenters. The summed E-state index contributed by atoms with van der Waals surface area (Å²) in [6.07, 6.45) is 0.935. The maximum absolute atomic E-state index is 13.2. The molecule has 0 radical (unpaired) electrons. The first-order valence-corrected chi connectivity index (χ1v) is 13.4. The molecule has 1 aromatic heterocycles. The zero-order valence-electron chi connectivity index (χ0n) is 19.3. The van der Waals surface area contributed by atoms with Gasteiger partial charge in [0.05, 0.1) is 15.1 Å². The quantitative estimate of drug-likeness (QED) is 0.581. The number of piperidine rings is 1. The Morgan fingerprint density at radius 3 is 2.39 bits per heavy atom. The summed E-state index contributed by atoms with van der Waals surface area (Å²) in [7, 11) is -3.70. The molecule has 9 heteroatoms. The number of nitrogens with zero attached hydrogens (tertiary/aromatic N) is 2. The lowest BCUT2D eigenvalue weighted by Gasteiger charge is -2.30. The number of nitrogens with one attached hydrogen (secondary N) is 1. The van der Waals surface area contributed by atoms with E-state index in [1.165, 1.54) is 4.31 Å². The van der Waals surface area contributed by atoms with Gasteiger partial charge >= 0.3 is 4.87 Å². The van der Waals surface area contributed by atoms with Crippen LogP contribution in [0, 0.1) is 19.8 Å². The van der Waals surface area contributed by atoms with Crippen LogP contribution in [0.5, 0.6) is 0 Å². The standard InChI is InChI=1S/C24H29N3O4S2/c1-15(2)27-21-8-7-20(14-22(21)32-24(27)29)33(30,31)26-11-9-18(10-12-26)23(28)25-19-6-5-16(3)17(4)13-19/h5-8,13-15,18H,9-12H2,1-4H3,(H,25,28). The molecule has 176 valence electrons. The molecule has 7 nitrogen and oxygen atoms in total. The number of amides is 1. The Morgan fingerprint density at radius 1 is 1.06 bits per heavy atom. The number of anilines is 1. The molecule has 0 bridgehead atoms. The Labute approximate surface area is 198 Å². The van der Waals surface area contributed by atoms with Crippen LogP contribution in [-0.2, 0) is 14.8 Å². The Hall–Kier alpha value is -2.49. The molecular weight excluding hydrogens is 458 g/mol. The van der Waals surface area contributed by atoms with Gasteiger partial charge in [-0.25, -0.2) is 8.42 Å². The minimum atomic E-state index is -3.70. The molecule has 1 amide bonds. The van der Waals surface area contributed by atoms with E-state index in [-0.39, 0.29) is 40.7 Å². The summed E-state index contributed by atoms with van der Waals surface area (Å²) in [5.41, 5.74) is 3.79. The third-order valence-corrected chi connectivity index (χ3v) is 9.15. The first kappa shape index (κ1) is 23.7. The lowest BCUT2D eigenvalue weighted by atomic mass is 9.97. The molecule has 4 rings (SSSR count). The van der Waals surface area contributed by atoms with E-state index in [0.717, 1.165) is 33.7 Å². The summed E-state index contributed by atoms with van der Waals surface area (Å²) in [4.78, 5) is 25.1. The van der Waals surface area contributed by atoms with Gasteiger partial charge in [-0.1, -0.05) is 17.4 Å². The number of fused-ring (bicyclic) bond motifs is 1. The third-order valence-electron chi connectivity index (χ3n) is 6.34. The molecule has 2 heterocycles. The highest BCUT2D eigenvalue weighted by molar-refractivity contribution is 7.89. The fraction of sp³-hybridized carbons (Fsp3) is 0.417. The second-order valence-corrected chi connectivity index (χ2v) is 11.9.